The summed E-state index contributed by atoms with van der Waals surface area (Å²) in [6.45, 7) is 0.472. The Morgan fingerprint density at radius 1 is 1.13 bits per heavy atom. The van der Waals surface area contributed by atoms with E-state index < -0.39 is 6.61 Å². The molecule has 0 radical (unpaired) electrons. The summed E-state index contributed by atoms with van der Waals surface area (Å²) in [5, 5.41) is 9.42. The molecule has 0 saturated carbocycles. The van der Waals surface area contributed by atoms with Gasteiger partial charge in [-0.15, -0.1) is 0 Å². The number of amides is 1. The Morgan fingerprint density at radius 2 is 1.90 bits per heavy atom. The van der Waals surface area contributed by atoms with Gasteiger partial charge in [0, 0.05) is 38.4 Å². The van der Waals surface area contributed by atoms with E-state index in [1.54, 1.807) is 23.1 Å². The highest BCUT2D eigenvalue weighted by Gasteiger charge is 2.38. The lowest BCUT2D eigenvalue weighted by atomic mass is 10.1. The lowest BCUT2D eigenvalue weighted by Crippen LogP contribution is -2.52. The number of alkyl halides is 2. The number of aromatic nitrogens is 1. The van der Waals surface area contributed by atoms with Crippen molar-refractivity contribution in [2.75, 3.05) is 42.5 Å². The van der Waals surface area contributed by atoms with Crippen LogP contribution in [0.1, 0.15) is 6.42 Å². The van der Waals surface area contributed by atoms with Gasteiger partial charge in [0.05, 0.1) is 17.3 Å². The van der Waals surface area contributed by atoms with Crippen molar-refractivity contribution in [3.8, 4) is 11.5 Å². The highest BCUT2D eigenvalue weighted by Crippen LogP contribution is 2.33. The second-order valence-corrected chi connectivity index (χ2v) is 7.59. The van der Waals surface area contributed by atoms with Gasteiger partial charge in [0.15, 0.2) is 0 Å². The first-order chi connectivity index (χ1) is 14.4. The number of halogens is 3. The maximum atomic E-state index is 13.0. The van der Waals surface area contributed by atoms with E-state index in [9.17, 15) is 18.7 Å². The number of ether oxygens (including phenoxy) is 1. The van der Waals surface area contributed by atoms with Gasteiger partial charge >= 0.3 is 6.61 Å². The molecule has 10 heteroatoms. The van der Waals surface area contributed by atoms with Crippen molar-refractivity contribution < 1.29 is 23.4 Å². The number of piperazine rings is 1. The van der Waals surface area contributed by atoms with Gasteiger partial charge in [-0.05, 0) is 36.8 Å². The molecular formula is C20H21ClF2N4O3. The van der Waals surface area contributed by atoms with Gasteiger partial charge in [0.25, 0.3) is 0 Å². The average Bonchev–Trinajstić information content (AvgIpc) is 3.11. The minimum Gasteiger partial charge on any atom is -0.506 e. The Hall–Kier alpha value is -2.65. The van der Waals surface area contributed by atoms with Crippen LogP contribution in [-0.4, -0.2) is 66.3 Å². The Kier molecular flexibility index (Phi) is 5.92. The molecule has 1 atom stereocenters. The van der Waals surface area contributed by atoms with Gasteiger partial charge in [-0.2, -0.15) is 8.78 Å². The predicted octanol–water partition coefficient (Wildman–Crippen LogP) is 2.97. The molecule has 160 valence electrons. The molecule has 3 heterocycles. The van der Waals surface area contributed by atoms with E-state index >= 15 is 0 Å². The molecule has 1 aromatic carbocycles. The molecule has 4 rings (SSSR count). The van der Waals surface area contributed by atoms with Crippen LogP contribution < -0.4 is 14.5 Å². The molecule has 0 spiro atoms. The van der Waals surface area contributed by atoms with Crippen LogP contribution >= 0.6 is 11.6 Å². The number of carbonyl (C=O) groups excluding carboxylic acids is 1. The summed E-state index contributed by atoms with van der Waals surface area (Å²) in [6.07, 6.45) is 2.10. The van der Waals surface area contributed by atoms with E-state index in [2.05, 4.69) is 19.5 Å². The monoisotopic (exact) mass is 438 g/mol. The van der Waals surface area contributed by atoms with Crippen molar-refractivity contribution in [2.24, 2.45) is 0 Å². The highest BCUT2D eigenvalue weighted by atomic mass is 35.5. The molecule has 1 aromatic heterocycles. The van der Waals surface area contributed by atoms with Crippen LogP contribution in [-0.2, 0) is 4.79 Å². The standard InChI is InChI=1S/C20H21ClF2N4O3/c21-15-11-13(1-3-17(15)30-20(22)23)27-6-5-16(19(27)29)25-7-9-26(10-8-25)18-4-2-14(28)12-24-18/h1-4,11-12,16,20,28H,5-10H2. The van der Waals surface area contributed by atoms with E-state index in [0.717, 1.165) is 18.9 Å². The average molecular weight is 439 g/mol. The zero-order valence-corrected chi connectivity index (χ0v) is 16.8. The Labute approximate surface area is 177 Å². The molecule has 0 aliphatic carbocycles. The lowest BCUT2D eigenvalue weighted by Gasteiger charge is -2.37. The van der Waals surface area contributed by atoms with Crippen LogP contribution in [0.5, 0.6) is 11.5 Å². The van der Waals surface area contributed by atoms with Crippen molar-refractivity contribution in [1.82, 2.24) is 9.88 Å². The number of hydrogen-bond acceptors (Lipinski definition) is 6. The largest absolute Gasteiger partial charge is 0.506 e. The number of nitrogens with zero attached hydrogens (tertiary/aromatic N) is 4. The molecular weight excluding hydrogens is 418 g/mol. The van der Waals surface area contributed by atoms with Crippen LogP contribution in [0.4, 0.5) is 20.3 Å². The molecule has 2 aliphatic heterocycles. The quantitative estimate of drug-likeness (QED) is 0.774. The molecule has 2 fully saturated rings. The van der Waals surface area contributed by atoms with Crippen LogP contribution in [0.15, 0.2) is 36.5 Å². The van der Waals surface area contributed by atoms with Gasteiger partial charge in [-0.3, -0.25) is 9.69 Å². The molecule has 1 N–H and O–H groups in total. The molecule has 0 bridgehead atoms. The first-order valence-corrected chi connectivity index (χ1v) is 10.00. The van der Waals surface area contributed by atoms with Crippen molar-refractivity contribution in [1.29, 1.82) is 0 Å². The number of aromatic hydroxyl groups is 1. The second kappa shape index (κ2) is 8.61. The number of anilines is 2. The van der Waals surface area contributed by atoms with Crippen LogP contribution in [0, 0.1) is 0 Å². The predicted molar refractivity (Wildman–Crippen MR) is 109 cm³/mol. The first-order valence-electron chi connectivity index (χ1n) is 9.62. The van der Waals surface area contributed by atoms with Crippen molar-refractivity contribution in [2.45, 2.75) is 19.1 Å². The number of pyridine rings is 1. The number of hydrogen-bond donors (Lipinski definition) is 1. The van der Waals surface area contributed by atoms with E-state index in [4.69, 9.17) is 11.6 Å². The zero-order valence-electron chi connectivity index (χ0n) is 16.0. The zero-order chi connectivity index (χ0) is 21.3. The minimum absolute atomic E-state index is 0.0233. The smallest absolute Gasteiger partial charge is 0.387 e. The Balaban J connectivity index is 1.38. The summed E-state index contributed by atoms with van der Waals surface area (Å²) in [5.74, 6) is 0.790. The molecule has 2 aliphatic rings. The Morgan fingerprint density at radius 3 is 2.53 bits per heavy atom. The summed E-state index contributed by atoms with van der Waals surface area (Å²) in [6, 6.07) is 7.56. The topological polar surface area (TPSA) is 69.1 Å². The van der Waals surface area contributed by atoms with E-state index in [0.29, 0.717) is 31.7 Å². The van der Waals surface area contributed by atoms with E-state index in [1.807, 2.05) is 0 Å². The van der Waals surface area contributed by atoms with Crippen molar-refractivity contribution >= 4 is 29.0 Å². The molecule has 2 saturated heterocycles. The fourth-order valence-electron chi connectivity index (χ4n) is 3.94. The summed E-state index contributed by atoms with van der Waals surface area (Å²) in [4.78, 5) is 23.2. The fourth-order valence-corrected chi connectivity index (χ4v) is 4.16. The molecule has 7 nitrogen and oxygen atoms in total. The van der Waals surface area contributed by atoms with Gasteiger partial charge in [0.1, 0.15) is 17.3 Å². The minimum atomic E-state index is -2.96. The van der Waals surface area contributed by atoms with E-state index in [-0.39, 0.29) is 28.5 Å². The fraction of sp³-hybridized carbons (Fsp3) is 0.400. The van der Waals surface area contributed by atoms with Gasteiger partial charge in [-0.1, -0.05) is 11.6 Å². The summed E-state index contributed by atoms with van der Waals surface area (Å²) in [5.41, 5.74) is 0.570. The third-order valence-corrected chi connectivity index (χ3v) is 5.73. The first kappa shape index (κ1) is 20.6. The van der Waals surface area contributed by atoms with Crippen molar-refractivity contribution in [3.05, 3.63) is 41.6 Å². The number of rotatable bonds is 5. The number of benzene rings is 1. The summed E-state index contributed by atoms with van der Waals surface area (Å²) < 4.78 is 29.2. The molecule has 1 unspecified atom stereocenters. The summed E-state index contributed by atoms with van der Waals surface area (Å²) >= 11 is 6.03. The molecule has 1 amide bonds. The van der Waals surface area contributed by atoms with Gasteiger partial charge in [0.2, 0.25) is 5.91 Å². The van der Waals surface area contributed by atoms with Gasteiger partial charge in [-0.25, -0.2) is 4.98 Å². The third kappa shape index (κ3) is 4.27. The Bertz CT molecular complexity index is 907. The lowest BCUT2D eigenvalue weighted by molar-refractivity contribution is -0.121. The summed E-state index contributed by atoms with van der Waals surface area (Å²) in [7, 11) is 0. The second-order valence-electron chi connectivity index (χ2n) is 7.19. The normalized spacial score (nSPS) is 20.3. The molecule has 30 heavy (non-hydrogen) atoms. The van der Waals surface area contributed by atoms with Crippen LogP contribution in [0.3, 0.4) is 0 Å². The number of carbonyl (C=O) groups is 1. The maximum absolute atomic E-state index is 13.0. The van der Waals surface area contributed by atoms with Gasteiger partial charge < -0.3 is 19.6 Å². The highest BCUT2D eigenvalue weighted by molar-refractivity contribution is 6.32. The van der Waals surface area contributed by atoms with Crippen molar-refractivity contribution in [3.63, 3.8) is 0 Å². The SMILES string of the molecule is O=C1C(N2CCN(c3ccc(O)cn3)CC2)CCN1c1ccc(OC(F)F)c(Cl)c1. The maximum Gasteiger partial charge on any atom is 0.387 e. The van der Waals surface area contributed by atoms with Crippen LogP contribution in [0.2, 0.25) is 5.02 Å². The molecule has 2 aromatic rings. The third-order valence-electron chi connectivity index (χ3n) is 5.43. The van der Waals surface area contributed by atoms with E-state index in [1.165, 1.54) is 18.3 Å². The van der Waals surface area contributed by atoms with Crippen LogP contribution in [0.25, 0.3) is 0 Å².